The van der Waals surface area contributed by atoms with E-state index in [0.717, 1.165) is 11.3 Å². The van der Waals surface area contributed by atoms with E-state index in [1.165, 1.54) is 17.0 Å². The fraction of sp³-hybridized carbons (Fsp3) is 0.417. The molecule has 0 aliphatic carbocycles. The molecule has 0 aliphatic rings. The molecule has 6 nitrogen and oxygen atoms in total. The van der Waals surface area contributed by atoms with Crippen LogP contribution in [0.3, 0.4) is 0 Å². The van der Waals surface area contributed by atoms with Crippen LogP contribution in [0.15, 0.2) is 12.1 Å². The van der Waals surface area contributed by atoms with Crippen LogP contribution in [0.2, 0.25) is 0 Å². The van der Waals surface area contributed by atoms with Crippen LogP contribution in [-0.2, 0) is 4.79 Å². The number of thiophene rings is 1. The SMILES string of the molecule is CCN(C)C(=O)C(C)NC(=O)c1ccc(C(=O)O)s1. The lowest BCUT2D eigenvalue weighted by Gasteiger charge is -2.20. The van der Waals surface area contributed by atoms with Crippen molar-refractivity contribution >= 4 is 29.1 Å². The zero-order chi connectivity index (χ0) is 14.6. The number of carbonyl (C=O) groups excluding carboxylic acids is 2. The maximum Gasteiger partial charge on any atom is 0.345 e. The van der Waals surface area contributed by atoms with Gasteiger partial charge in [0.1, 0.15) is 10.9 Å². The van der Waals surface area contributed by atoms with E-state index in [2.05, 4.69) is 5.32 Å². The van der Waals surface area contributed by atoms with E-state index >= 15 is 0 Å². The van der Waals surface area contributed by atoms with Gasteiger partial charge in [-0.05, 0) is 26.0 Å². The molecular formula is C12H16N2O4S. The molecule has 0 spiro atoms. The van der Waals surface area contributed by atoms with Crippen LogP contribution in [0, 0.1) is 0 Å². The number of likely N-dealkylation sites (N-methyl/N-ethyl adjacent to an activating group) is 1. The Morgan fingerprint density at radius 1 is 1.37 bits per heavy atom. The minimum Gasteiger partial charge on any atom is -0.477 e. The van der Waals surface area contributed by atoms with Gasteiger partial charge in [-0.1, -0.05) is 0 Å². The highest BCUT2D eigenvalue weighted by Gasteiger charge is 2.20. The third-order valence-corrected chi connectivity index (χ3v) is 3.68. The van der Waals surface area contributed by atoms with Gasteiger partial charge in [0.2, 0.25) is 5.91 Å². The Morgan fingerprint density at radius 2 is 1.95 bits per heavy atom. The van der Waals surface area contributed by atoms with Crippen LogP contribution >= 0.6 is 11.3 Å². The zero-order valence-corrected chi connectivity index (χ0v) is 11.8. The fourth-order valence-corrected chi connectivity index (χ4v) is 2.14. The number of carbonyl (C=O) groups is 3. The Hall–Kier alpha value is -1.89. The van der Waals surface area contributed by atoms with Crippen molar-refractivity contribution in [2.45, 2.75) is 19.9 Å². The van der Waals surface area contributed by atoms with E-state index in [4.69, 9.17) is 5.11 Å². The van der Waals surface area contributed by atoms with Crippen molar-refractivity contribution in [3.8, 4) is 0 Å². The summed E-state index contributed by atoms with van der Waals surface area (Å²) in [6, 6.07) is 2.16. The van der Waals surface area contributed by atoms with Gasteiger partial charge >= 0.3 is 5.97 Å². The normalized spacial score (nSPS) is 11.7. The minimum absolute atomic E-state index is 0.0924. The van der Waals surface area contributed by atoms with Gasteiger partial charge in [0.25, 0.3) is 5.91 Å². The monoisotopic (exact) mass is 284 g/mol. The Bertz CT molecular complexity index is 498. The number of hydrogen-bond donors (Lipinski definition) is 2. The van der Waals surface area contributed by atoms with Gasteiger partial charge in [-0.2, -0.15) is 0 Å². The van der Waals surface area contributed by atoms with Crippen LogP contribution in [0.25, 0.3) is 0 Å². The number of nitrogens with one attached hydrogen (secondary N) is 1. The van der Waals surface area contributed by atoms with Crippen molar-refractivity contribution < 1.29 is 19.5 Å². The van der Waals surface area contributed by atoms with Gasteiger partial charge in [-0.25, -0.2) is 4.79 Å². The average molecular weight is 284 g/mol. The molecule has 19 heavy (non-hydrogen) atoms. The Morgan fingerprint density at radius 3 is 2.42 bits per heavy atom. The first-order valence-corrected chi connectivity index (χ1v) is 6.57. The number of carboxylic acids is 1. The molecule has 1 aromatic heterocycles. The van der Waals surface area contributed by atoms with Gasteiger partial charge in [0.15, 0.2) is 0 Å². The lowest BCUT2D eigenvalue weighted by atomic mass is 10.3. The molecule has 0 radical (unpaired) electrons. The fourth-order valence-electron chi connectivity index (χ4n) is 1.39. The molecule has 104 valence electrons. The molecule has 1 heterocycles. The molecule has 7 heteroatoms. The maximum atomic E-state index is 11.8. The predicted octanol–water partition coefficient (Wildman–Crippen LogP) is 1.04. The summed E-state index contributed by atoms with van der Waals surface area (Å²) in [6.07, 6.45) is 0. The van der Waals surface area contributed by atoms with Crippen molar-refractivity contribution in [3.63, 3.8) is 0 Å². The number of aromatic carboxylic acids is 1. The Kier molecular flexibility index (Phi) is 5.05. The molecule has 0 saturated carbocycles. The van der Waals surface area contributed by atoms with Crippen molar-refractivity contribution in [3.05, 3.63) is 21.9 Å². The largest absolute Gasteiger partial charge is 0.477 e. The van der Waals surface area contributed by atoms with E-state index in [9.17, 15) is 14.4 Å². The van der Waals surface area contributed by atoms with Crippen molar-refractivity contribution in [1.29, 1.82) is 0 Å². The number of amides is 2. The molecular weight excluding hydrogens is 268 g/mol. The lowest BCUT2D eigenvalue weighted by molar-refractivity contribution is -0.131. The second-order valence-corrected chi connectivity index (χ2v) is 5.10. The first-order valence-electron chi connectivity index (χ1n) is 5.75. The van der Waals surface area contributed by atoms with Gasteiger partial charge < -0.3 is 15.3 Å². The van der Waals surface area contributed by atoms with Gasteiger partial charge in [-0.3, -0.25) is 9.59 Å². The zero-order valence-electron chi connectivity index (χ0n) is 11.0. The highest BCUT2D eigenvalue weighted by atomic mass is 32.1. The van der Waals surface area contributed by atoms with Crippen LogP contribution in [0.1, 0.15) is 33.2 Å². The smallest absolute Gasteiger partial charge is 0.345 e. The Balaban J connectivity index is 2.68. The lowest BCUT2D eigenvalue weighted by Crippen LogP contribution is -2.45. The van der Waals surface area contributed by atoms with Crippen molar-refractivity contribution in [2.75, 3.05) is 13.6 Å². The second kappa shape index (κ2) is 6.33. The molecule has 0 aromatic carbocycles. The predicted molar refractivity (Wildman–Crippen MR) is 71.5 cm³/mol. The molecule has 0 bridgehead atoms. The van der Waals surface area contributed by atoms with Gasteiger partial charge in [0.05, 0.1) is 4.88 Å². The highest BCUT2D eigenvalue weighted by molar-refractivity contribution is 7.15. The standard InChI is InChI=1S/C12H16N2O4S/c1-4-14(3)11(16)7(2)13-10(15)8-5-6-9(19-8)12(17)18/h5-7H,4H2,1-3H3,(H,13,15)(H,17,18). The van der Waals surface area contributed by atoms with Gasteiger partial charge in [-0.15, -0.1) is 11.3 Å². The molecule has 1 unspecified atom stereocenters. The van der Waals surface area contributed by atoms with E-state index in [0.29, 0.717) is 6.54 Å². The number of rotatable bonds is 5. The molecule has 2 N–H and O–H groups in total. The summed E-state index contributed by atoms with van der Waals surface area (Å²) in [4.78, 5) is 36.2. The summed E-state index contributed by atoms with van der Waals surface area (Å²) in [5, 5.41) is 11.3. The third kappa shape index (κ3) is 3.78. The van der Waals surface area contributed by atoms with Crippen LogP contribution in [0.4, 0.5) is 0 Å². The highest BCUT2D eigenvalue weighted by Crippen LogP contribution is 2.16. The molecule has 0 saturated heterocycles. The molecule has 1 atom stereocenters. The molecule has 0 fully saturated rings. The maximum absolute atomic E-state index is 11.8. The van der Waals surface area contributed by atoms with Gasteiger partial charge in [0, 0.05) is 13.6 Å². The third-order valence-electron chi connectivity index (χ3n) is 2.61. The second-order valence-electron chi connectivity index (χ2n) is 4.02. The van der Waals surface area contributed by atoms with Crippen molar-refractivity contribution in [1.82, 2.24) is 10.2 Å². The van der Waals surface area contributed by atoms with E-state index in [-0.39, 0.29) is 15.7 Å². The first-order chi connectivity index (χ1) is 8.86. The summed E-state index contributed by atoms with van der Waals surface area (Å²) in [6.45, 7) is 3.99. The Labute approximate surface area is 115 Å². The molecule has 1 aromatic rings. The van der Waals surface area contributed by atoms with Crippen LogP contribution < -0.4 is 5.32 Å². The summed E-state index contributed by atoms with van der Waals surface area (Å²) in [5.74, 6) is -1.70. The van der Waals surface area contributed by atoms with E-state index < -0.39 is 17.9 Å². The van der Waals surface area contributed by atoms with E-state index in [1.54, 1.807) is 14.0 Å². The first kappa shape index (κ1) is 15.2. The number of nitrogens with zero attached hydrogens (tertiary/aromatic N) is 1. The summed E-state index contributed by atoms with van der Waals surface area (Å²) >= 11 is 0.880. The number of hydrogen-bond acceptors (Lipinski definition) is 4. The summed E-state index contributed by atoms with van der Waals surface area (Å²) in [7, 11) is 1.65. The molecule has 0 aliphatic heterocycles. The number of carboxylic acid groups (broad SMARTS) is 1. The van der Waals surface area contributed by atoms with Crippen LogP contribution in [0.5, 0.6) is 0 Å². The summed E-state index contributed by atoms with van der Waals surface area (Å²) < 4.78 is 0. The minimum atomic E-state index is -1.07. The molecule has 1 rings (SSSR count). The van der Waals surface area contributed by atoms with Crippen molar-refractivity contribution in [2.24, 2.45) is 0 Å². The van der Waals surface area contributed by atoms with Crippen LogP contribution in [-0.4, -0.2) is 47.4 Å². The average Bonchev–Trinajstić information content (AvgIpc) is 2.86. The van der Waals surface area contributed by atoms with E-state index in [1.807, 2.05) is 6.92 Å². The topological polar surface area (TPSA) is 86.7 Å². The summed E-state index contributed by atoms with van der Waals surface area (Å²) in [5.41, 5.74) is 0. The molecule has 2 amide bonds. The quantitative estimate of drug-likeness (QED) is 0.846.